The van der Waals surface area contributed by atoms with Gasteiger partial charge in [0.25, 0.3) is 0 Å². The number of phosphoric acid groups is 1. The minimum absolute atomic E-state index is 0.0170. The summed E-state index contributed by atoms with van der Waals surface area (Å²) in [5.41, 5.74) is 0. The van der Waals surface area contributed by atoms with Crippen LogP contribution in [-0.4, -0.2) is 74.9 Å². The number of esters is 2. The molecule has 0 aromatic rings. The average molecular weight is 861 g/mol. The molecule has 0 bridgehead atoms. The highest BCUT2D eigenvalue weighted by molar-refractivity contribution is 7.47. The summed E-state index contributed by atoms with van der Waals surface area (Å²) in [7, 11) is 1.43. The molecule has 60 heavy (non-hydrogen) atoms. The Hall–Kier alpha value is -2.81. The van der Waals surface area contributed by atoms with Crippen molar-refractivity contribution in [3.63, 3.8) is 0 Å². The van der Waals surface area contributed by atoms with Gasteiger partial charge in [-0.05, 0) is 96.3 Å². The third-order valence-corrected chi connectivity index (χ3v) is 10.4. The van der Waals surface area contributed by atoms with Crippen molar-refractivity contribution in [3.05, 3.63) is 85.1 Å². The van der Waals surface area contributed by atoms with Gasteiger partial charge < -0.3 is 18.9 Å². The van der Waals surface area contributed by atoms with Crippen LogP contribution >= 0.6 is 7.82 Å². The maximum absolute atomic E-state index is 12.7. The van der Waals surface area contributed by atoms with Gasteiger partial charge in [0, 0.05) is 12.8 Å². The molecule has 344 valence electrons. The molecule has 0 heterocycles. The summed E-state index contributed by atoms with van der Waals surface area (Å²) in [4.78, 5) is 35.4. The monoisotopic (exact) mass is 861 g/mol. The predicted molar refractivity (Wildman–Crippen MR) is 252 cm³/mol. The lowest BCUT2D eigenvalue weighted by atomic mass is 10.1. The van der Waals surface area contributed by atoms with E-state index in [9.17, 15) is 19.0 Å². The second-order valence-corrected chi connectivity index (χ2v) is 17.9. The molecule has 2 atom stereocenters. The minimum atomic E-state index is -4.40. The standard InChI is InChI=1S/C50H86NO8P/c1-6-8-10-12-14-16-18-20-22-24-25-27-28-30-32-34-36-38-40-42-49(52)56-46-48(47-58-60(54,55)57-45-44-51(3,4)5)59-50(53)43-41-39-37-35-33-31-29-26-23-21-19-17-15-13-11-9-7-2/h14-17,20-23,25,27,29-32,48H,6-13,18-19,24,26,28,33-47H2,1-5H3/p+1/b16-14-,17-15-,22-20-,23-21-,27-25-,31-29-,32-30-/t48-/m1/s1. The van der Waals surface area contributed by atoms with Crippen LogP contribution in [0.3, 0.4) is 0 Å². The first-order valence-corrected chi connectivity index (χ1v) is 24.8. The highest BCUT2D eigenvalue weighted by Gasteiger charge is 2.27. The summed E-state index contributed by atoms with van der Waals surface area (Å²) in [5.74, 6) is -0.867. The Morgan fingerprint density at radius 1 is 0.517 bits per heavy atom. The van der Waals surface area contributed by atoms with Gasteiger partial charge in [0.15, 0.2) is 6.10 Å². The van der Waals surface area contributed by atoms with Gasteiger partial charge in [0.2, 0.25) is 0 Å². The normalized spacial score (nSPS) is 14.3. The van der Waals surface area contributed by atoms with Crippen molar-refractivity contribution in [1.82, 2.24) is 0 Å². The summed E-state index contributed by atoms with van der Waals surface area (Å²) >= 11 is 0. The van der Waals surface area contributed by atoms with Crippen molar-refractivity contribution < 1.29 is 42.1 Å². The van der Waals surface area contributed by atoms with E-state index in [0.29, 0.717) is 23.9 Å². The molecular weight excluding hydrogens is 774 g/mol. The number of unbranched alkanes of at least 4 members (excludes halogenated alkanes) is 13. The van der Waals surface area contributed by atoms with E-state index >= 15 is 0 Å². The zero-order valence-electron chi connectivity index (χ0n) is 38.7. The van der Waals surface area contributed by atoms with E-state index in [1.165, 1.54) is 51.4 Å². The molecule has 0 aliphatic carbocycles. The Morgan fingerprint density at radius 3 is 1.33 bits per heavy atom. The van der Waals surface area contributed by atoms with E-state index in [4.69, 9.17) is 18.5 Å². The molecule has 0 aliphatic rings. The average Bonchev–Trinajstić information content (AvgIpc) is 3.20. The summed E-state index contributed by atoms with van der Waals surface area (Å²) in [6.07, 6.45) is 53.4. The van der Waals surface area contributed by atoms with Gasteiger partial charge in [-0.2, -0.15) is 0 Å². The number of carbonyl (C=O) groups is 2. The van der Waals surface area contributed by atoms with Gasteiger partial charge in [-0.25, -0.2) is 4.57 Å². The Kier molecular flexibility index (Phi) is 39.6. The number of rotatable bonds is 41. The van der Waals surface area contributed by atoms with Crippen molar-refractivity contribution in [2.24, 2.45) is 0 Å². The minimum Gasteiger partial charge on any atom is -0.462 e. The Balaban J connectivity index is 4.45. The van der Waals surface area contributed by atoms with E-state index in [1.54, 1.807) is 0 Å². The number of hydrogen-bond donors (Lipinski definition) is 1. The number of nitrogens with zero attached hydrogens (tertiary/aromatic N) is 1. The van der Waals surface area contributed by atoms with Crippen LogP contribution in [-0.2, 0) is 32.7 Å². The van der Waals surface area contributed by atoms with Gasteiger partial charge in [-0.1, -0.05) is 144 Å². The topological polar surface area (TPSA) is 108 Å². The first-order chi connectivity index (χ1) is 29.0. The maximum atomic E-state index is 12.7. The Labute approximate surface area is 367 Å². The molecule has 0 aliphatic heterocycles. The van der Waals surface area contributed by atoms with Gasteiger partial charge in [0.1, 0.15) is 19.8 Å². The fourth-order valence-corrected chi connectivity index (χ4v) is 6.45. The lowest BCUT2D eigenvalue weighted by Crippen LogP contribution is -2.37. The van der Waals surface area contributed by atoms with E-state index in [-0.39, 0.29) is 26.1 Å². The molecule has 0 fully saturated rings. The molecule has 1 N–H and O–H groups in total. The van der Waals surface area contributed by atoms with Crippen LogP contribution in [0.2, 0.25) is 0 Å². The SMILES string of the molecule is CCCCC/C=C\C/C=C\C/C=C\C/C=C\CCCCCC(=O)OC[C@H](COP(=O)(O)OCC[N+](C)(C)C)OC(=O)CCCCCC/C=C\C/C=C\C/C=C\CCCCC. The number of phosphoric ester groups is 1. The second-order valence-electron chi connectivity index (χ2n) is 16.4. The summed E-state index contributed by atoms with van der Waals surface area (Å²) in [5, 5.41) is 0. The van der Waals surface area contributed by atoms with E-state index < -0.39 is 32.5 Å². The van der Waals surface area contributed by atoms with Crippen LogP contribution in [0.25, 0.3) is 0 Å². The molecule has 0 rings (SSSR count). The molecule has 9 nitrogen and oxygen atoms in total. The van der Waals surface area contributed by atoms with E-state index in [2.05, 4.69) is 98.9 Å². The van der Waals surface area contributed by atoms with Crippen molar-refractivity contribution in [2.45, 2.75) is 174 Å². The van der Waals surface area contributed by atoms with Gasteiger partial charge in [-0.3, -0.25) is 18.6 Å². The number of carbonyl (C=O) groups excluding carboxylic acids is 2. The quantitative estimate of drug-likeness (QED) is 0.0213. The molecule has 0 spiro atoms. The molecule has 0 saturated carbocycles. The van der Waals surface area contributed by atoms with E-state index in [1.807, 2.05) is 21.1 Å². The summed E-state index contributed by atoms with van der Waals surface area (Å²) < 4.78 is 34.3. The van der Waals surface area contributed by atoms with Gasteiger partial charge >= 0.3 is 19.8 Å². The third-order valence-electron chi connectivity index (χ3n) is 9.40. The molecular formula is C50H87NO8P+. The molecule has 0 aromatic heterocycles. The zero-order valence-corrected chi connectivity index (χ0v) is 39.6. The van der Waals surface area contributed by atoms with Crippen molar-refractivity contribution in [1.29, 1.82) is 0 Å². The predicted octanol–water partition coefficient (Wildman–Crippen LogP) is 13.6. The van der Waals surface area contributed by atoms with E-state index in [0.717, 1.165) is 77.0 Å². The van der Waals surface area contributed by atoms with Crippen LogP contribution in [0.15, 0.2) is 85.1 Å². The second kappa shape index (κ2) is 41.5. The molecule has 0 aromatic carbocycles. The number of ether oxygens (including phenoxy) is 2. The molecule has 0 saturated heterocycles. The smallest absolute Gasteiger partial charge is 0.462 e. The van der Waals surface area contributed by atoms with Crippen LogP contribution in [0.4, 0.5) is 0 Å². The number of allylic oxidation sites excluding steroid dienone is 14. The lowest BCUT2D eigenvalue weighted by Gasteiger charge is -2.24. The number of quaternary nitrogens is 1. The van der Waals surface area contributed by atoms with Crippen LogP contribution in [0.1, 0.15) is 168 Å². The molecule has 0 amide bonds. The highest BCUT2D eigenvalue weighted by Crippen LogP contribution is 2.43. The lowest BCUT2D eigenvalue weighted by molar-refractivity contribution is -0.870. The van der Waals surface area contributed by atoms with Crippen molar-refractivity contribution >= 4 is 19.8 Å². The van der Waals surface area contributed by atoms with Crippen LogP contribution in [0.5, 0.6) is 0 Å². The Bertz CT molecular complexity index is 1290. The fourth-order valence-electron chi connectivity index (χ4n) is 5.71. The first kappa shape index (κ1) is 57.2. The summed E-state index contributed by atoms with van der Waals surface area (Å²) in [6, 6.07) is 0. The number of likely N-dealkylation sites (N-methyl/N-ethyl adjacent to an activating group) is 1. The molecule has 1 unspecified atom stereocenters. The molecule has 0 radical (unpaired) electrons. The maximum Gasteiger partial charge on any atom is 0.472 e. The summed E-state index contributed by atoms with van der Waals surface area (Å²) in [6.45, 7) is 4.28. The Morgan fingerprint density at radius 2 is 0.900 bits per heavy atom. The van der Waals surface area contributed by atoms with Crippen molar-refractivity contribution in [3.8, 4) is 0 Å². The van der Waals surface area contributed by atoms with Crippen LogP contribution < -0.4 is 0 Å². The van der Waals surface area contributed by atoms with Gasteiger partial charge in [0.05, 0.1) is 27.7 Å². The van der Waals surface area contributed by atoms with Crippen molar-refractivity contribution in [2.75, 3.05) is 47.5 Å². The zero-order chi connectivity index (χ0) is 44.3. The molecule has 10 heteroatoms. The third kappa shape index (κ3) is 44.7. The van der Waals surface area contributed by atoms with Gasteiger partial charge in [-0.15, -0.1) is 0 Å². The highest BCUT2D eigenvalue weighted by atomic mass is 31.2. The number of hydrogen-bond acceptors (Lipinski definition) is 7. The fraction of sp³-hybridized carbons (Fsp3) is 0.680. The largest absolute Gasteiger partial charge is 0.472 e. The first-order valence-electron chi connectivity index (χ1n) is 23.3. The van der Waals surface area contributed by atoms with Crippen LogP contribution in [0, 0.1) is 0 Å².